The van der Waals surface area contributed by atoms with Crippen molar-refractivity contribution in [3.63, 3.8) is 0 Å². The second-order valence-corrected chi connectivity index (χ2v) is 6.84. The summed E-state index contributed by atoms with van der Waals surface area (Å²) in [6, 6.07) is 9.20. The van der Waals surface area contributed by atoms with E-state index in [0.717, 1.165) is 36.6 Å². The van der Waals surface area contributed by atoms with Crippen molar-refractivity contribution in [1.82, 2.24) is 0 Å². The summed E-state index contributed by atoms with van der Waals surface area (Å²) in [5, 5.41) is 2.83. The number of nitrogens with one attached hydrogen (secondary N) is 1. The van der Waals surface area contributed by atoms with Gasteiger partial charge in [0.15, 0.2) is 0 Å². The van der Waals surface area contributed by atoms with Gasteiger partial charge in [-0.05, 0) is 55.2 Å². The van der Waals surface area contributed by atoms with E-state index in [1.165, 1.54) is 12.1 Å². The van der Waals surface area contributed by atoms with E-state index >= 15 is 0 Å². The van der Waals surface area contributed by atoms with Crippen LogP contribution in [0.15, 0.2) is 36.4 Å². The van der Waals surface area contributed by atoms with Crippen LogP contribution in [0, 0.1) is 11.7 Å². The average molecular weight is 359 g/mol. The van der Waals surface area contributed by atoms with Gasteiger partial charge in [0.25, 0.3) is 5.91 Å². The molecule has 1 aliphatic carbocycles. The molecule has 4 rings (SSSR count). The molecule has 2 amide bonds. The van der Waals surface area contributed by atoms with E-state index in [0.29, 0.717) is 12.2 Å². The molecule has 0 unspecified atom stereocenters. The van der Waals surface area contributed by atoms with Crippen molar-refractivity contribution in [3.05, 3.63) is 58.4 Å². The van der Waals surface area contributed by atoms with Gasteiger partial charge in [-0.1, -0.05) is 17.7 Å². The van der Waals surface area contributed by atoms with Crippen molar-refractivity contribution >= 4 is 34.8 Å². The molecule has 0 radical (unpaired) electrons. The molecule has 4 nitrogen and oxygen atoms in total. The van der Waals surface area contributed by atoms with Gasteiger partial charge in [-0.25, -0.2) is 4.39 Å². The van der Waals surface area contributed by atoms with Crippen molar-refractivity contribution in [2.75, 3.05) is 16.8 Å². The van der Waals surface area contributed by atoms with Gasteiger partial charge in [-0.2, -0.15) is 0 Å². The first-order valence-corrected chi connectivity index (χ1v) is 8.61. The number of anilines is 2. The lowest BCUT2D eigenvalue weighted by atomic mass is 10.1. The van der Waals surface area contributed by atoms with E-state index in [1.54, 1.807) is 6.07 Å². The predicted octanol–water partition coefficient (Wildman–Crippen LogP) is 4.03. The largest absolute Gasteiger partial charge is 0.322 e. The molecule has 1 fully saturated rings. The molecule has 0 aromatic heterocycles. The number of amides is 2. The Labute approximate surface area is 149 Å². The van der Waals surface area contributed by atoms with Crippen LogP contribution in [0.3, 0.4) is 0 Å². The minimum atomic E-state index is -0.492. The number of hydrogen-bond donors (Lipinski definition) is 1. The van der Waals surface area contributed by atoms with Gasteiger partial charge >= 0.3 is 0 Å². The van der Waals surface area contributed by atoms with E-state index < -0.39 is 11.7 Å². The highest BCUT2D eigenvalue weighted by atomic mass is 35.5. The fraction of sp³-hybridized carbons (Fsp3) is 0.263. The molecule has 1 saturated carbocycles. The summed E-state index contributed by atoms with van der Waals surface area (Å²) in [5.74, 6) is -0.581. The molecule has 2 aliphatic rings. The molecule has 128 valence electrons. The third-order valence-electron chi connectivity index (χ3n) is 4.61. The van der Waals surface area contributed by atoms with Gasteiger partial charge in [0.05, 0.1) is 10.6 Å². The SMILES string of the molecule is O=C(Nc1ccc2c(c1)N(C(=O)C1CC1)CC2)c1ccc(F)cc1Cl. The molecule has 1 aliphatic heterocycles. The summed E-state index contributed by atoms with van der Waals surface area (Å²) in [5.41, 5.74) is 2.75. The number of nitrogens with zero attached hydrogens (tertiary/aromatic N) is 1. The number of fused-ring (bicyclic) bond motifs is 1. The summed E-state index contributed by atoms with van der Waals surface area (Å²) < 4.78 is 13.1. The summed E-state index contributed by atoms with van der Waals surface area (Å²) in [4.78, 5) is 26.6. The van der Waals surface area contributed by atoms with Crippen molar-refractivity contribution in [2.24, 2.45) is 5.92 Å². The third kappa shape index (κ3) is 3.12. The molecule has 1 heterocycles. The number of halogens is 2. The normalized spacial score (nSPS) is 15.8. The Morgan fingerprint density at radius 2 is 1.96 bits per heavy atom. The molecular formula is C19H16ClFN2O2. The van der Waals surface area contributed by atoms with Gasteiger partial charge in [0, 0.05) is 23.8 Å². The van der Waals surface area contributed by atoms with Crippen LogP contribution in [0.4, 0.5) is 15.8 Å². The van der Waals surface area contributed by atoms with Crippen molar-refractivity contribution < 1.29 is 14.0 Å². The standard InChI is InChI=1S/C19H16ClFN2O2/c20-16-9-13(21)4-6-15(16)18(24)22-14-5-3-11-7-8-23(17(11)10-14)19(25)12-1-2-12/h3-6,9-10,12H,1-2,7-8H2,(H,22,24). The van der Waals surface area contributed by atoms with Crippen LogP contribution in [-0.2, 0) is 11.2 Å². The lowest BCUT2D eigenvalue weighted by molar-refractivity contribution is -0.119. The lowest BCUT2D eigenvalue weighted by Gasteiger charge is -2.18. The highest BCUT2D eigenvalue weighted by Gasteiger charge is 2.36. The zero-order chi connectivity index (χ0) is 17.6. The van der Waals surface area contributed by atoms with E-state index in [9.17, 15) is 14.0 Å². The van der Waals surface area contributed by atoms with E-state index in [1.807, 2.05) is 17.0 Å². The smallest absolute Gasteiger partial charge is 0.257 e. The summed E-state index contributed by atoms with van der Waals surface area (Å²) in [6.45, 7) is 0.686. The second kappa shape index (κ2) is 6.15. The zero-order valence-corrected chi connectivity index (χ0v) is 14.1. The predicted molar refractivity (Wildman–Crippen MR) is 94.6 cm³/mol. The van der Waals surface area contributed by atoms with Gasteiger partial charge in [0.1, 0.15) is 5.82 Å². The Morgan fingerprint density at radius 1 is 1.16 bits per heavy atom. The minimum Gasteiger partial charge on any atom is -0.322 e. The fourth-order valence-corrected chi connectivity index (χ4v) is 3.36. The highest BCUT2D eigenvalue weighted by Crippen LogP contribution is 2.37. The first kappa shape index (κ1) is 16.1. The Bertz CT molecular complexity index is 880. The Balaban J connectivity index is 1.56. The van der Waals surface area contributed by atoms with Crippen LogP contribution in [0.1, 0.15) is 28.8 Å². The maximum Gasteiger partial charge on any atom is 0.257 e. The molecule has 2 aromatic carbocycles. The number of benzene rings is 2. The fourth-order valence-electron chi connectivity index (χ4n) is 3.11. The number of hydrogen-bond acceptors (Lipinski definition) is 2. The van der Waals surface area contributed by atoms with Crippen LogP contribution in [0.2, 0.25) is 5.02 Å². The zero-order valence-electron chi connectivity index (χ0n) is 13.4. The maximum absolute atomic E-state index is 13.1. The molecule has 0 bridgehead atoms. The van der Waals surface area contributed by atoms with Crippen LogP contribution in [0.25, 0.3) is 0 Å². The lowest BCUT2D eigenvalue weighted by Crippen LogP contribution is -2.30. The molecular weight excluding hydrogens is 343 g/mol. The molecule has 1 N–H and O–H groups in total. The highest BCUT2D eigenvalue weighted by molar-refractivity contribution is 6.34. The second-order valence-electron chi connectivity index (χ2n) is 6.44. The quantitative estimate of drug-likeness (QED) is 0.900. The molecule has 0 atom stereocenters. The first-order valence-electron chi connectivity index (χ1n) is 8.23. The first-order chi connectivity index (χ1) is 12.0. The Kier molecular flexibility index (Phi) is 3.96. The Morgan fingerprint density at radius 3 is 2.68 bits per heavy atom. The molecule has 6 heteroatoms. The van der Waals surface area contributed by atoms with E-state index in [4.69, 9.17) is 11.6 Å². The topological polar surface area (TPSA) is 49.4 Å². The van der Waals surface area contributed by atoms with E-state index in [-0.39, 0.29) is 22.4 Å². The molecule has 2 aromatic rings. The van der Waals surface area contributed by atoms with Crippen molar-refractivity contribution in [2.45, 2.75) is 19.3 Å². The minimum absolute atomic E-state index is 0.0594. The van der Waals surface area contributed by atoms with Gasteiger partial charge in [-0.3, -0.25) is 9.59 Å². The number of rotatable bonds is 3. The number of carbonyl (C=O) groups excluding carboxylic acids is 2. The van der Waals surface area contributed by atoms with Gasteiger partial charge in [-0.15, -0.1) is 0 Å². The van der Waals surface area contributed by atoms with Crippen LogP contribution in [0.5, 0.6) is 0 Å². The van der Waals surface area contributed by atoms with Gasteiger partial charge < -0.3 is 10.2 Å². The molecule has 0 saturated heterocycles. The monoisotopic (exact) mass is 358 g/mol. The number of carbonyl (C=O) groups is 2. The summed E-state index contributed by atoms with van der Waals surface area (Å²) in [6.07, 6.45) is 2.75. The summed E-state index contributed by atoms with van der Waals surface area (Å²) in [7, 11) is 0. The summed E-state index contributed by atoms with van der Waals surface area (Å²) >= 11 is 5.94. The van der Waals surface area contributed by atoms with Crippen LogP contribution < -0.4 is 10.2 Å². The van der Waals surface area contributed by atoms with Crippen molar-refractivity contribution in [3.8, 4) is 0 Å². The van der Waals surface area contributed by atoms with Gasteiger partial charge in [0.2, 0.25) is 5.91 Å². The van der Waals surface area contributed by atoms with Crippen molar-refractivity contribution in [1.29, 1.82) is 0 Å². The van der Waals surface area contributed by atoms with E-state index in [2.05, 4.69) is 5.32 Å². The molecule has 0 spiro atoms. The molecule has 25 heavy (non-hydrogen) atoms. The van der Waals surface area contributed by atoms with Crippen LogP contribution >= 0.6 is 11.6 Å². The van der Waals surface area contributed by atoms with Crippen LogP contribution in [-0.4, -0.2) is 18.4 Å². The maximum atomic E-state index is 13.1. The average Bonchev–Trinajstić information content (AvgIpc) is 3.34. The third-order valence-corrected chi connectivity index (χ3v) is 4.92. The Hall–Kier alpha value is -2.40.